The SMILES string of the molecule is CN(C(=O)c1oc2ccccc2c1CSc1ccc(F)cc1)C1CCNC1. The summed E-state index contributed by atoms with van der Waals surface area (Å²) in [5, 5.41) is 4.24. The number of furan rings is 1. The molecule has 1 N–H and O–H groups in total. The van der Waals surface area contributed by atoms with E-state index in [1.54, 1.807) is 28.8 Å². The minimum Gasteiger partial charge on any atom is -0.451 e. The van der Waals surface area contributed by atoms with Crippen molar-refractivity contribution in [1.82, 2.24) is 10.2 Å². The molecule has 2 aromatic carbocycles. The Morgan fingerprint density at radius 1 is 1.26 bits per heavy atom. The number of nitrogens with one attached hydrogen (secondary N) is 1. The predicted molar refractivity (Wildman–Crippen MR) is 106 cm³/mol. The normalized spacial score (nSPS) is 16.7. The molecule has 4 nitrogen and oxygen atoms in total. The van der Waals surface area contributed by atoms with Gasteiger partial charge >= 0.3 is 0 Å². The van der Waals surface area contributed by atoms with Crippen molar-refractivity contribution in [1.29, 1.82) is 0 Å². The molecule has 3 aromatic rings. The number of hydrogen-bond donors (Lipinski definition) is 1. The molecule has 2 heterocycles. The van der Waals surface area contributed by atoms with Gasteiger partial charge in [-0.2, -0.15) is 0 Å². The van der Waals surface area contributed by atoms with Crippen molar-refractivity contribution in [3.05, 3.63) is 65.7 Å². The average molecular weight is 384 g/mol. The van der Waals surface area contributed by atoms with Crippen molar-refractivity contribution in [2.75, 3.05) is 20.1 Å². The summed E-state index contributed by atoms with van der Waals surface area (Å²) in [5.74, 6) is 0.645. The molecule has 0 radical (unpaired) electrons. The molecular weight excluding hydrogens is 363 g/mol. The van der Waals surface area contributed by atoms with Crippen LogP contribution in [-0.4, -0.2) is 37.0 Å². The number of thioether (sulfide) groups is 1. The number of likely N-dealkylation sites (N-methyl/N-ethyl adjacent to an activating group) is 1. The molecule has 1 atom stereocenters. The van der Waals surface area contributed by atoms with Crippen LogP contribution in [0.2, 0.25) is 0 Å². The molecule has 1 aromatic heterocycles. The van der Waals surface area contributed by atoms with Crippen LogP contribution >= 0.6 is 11.8 Å². The minimum absolute atomic E-state index is 0.0883. The topological polar surface area (TPSA) is 45.5 Å². The largest absolute Gasteiger partial charge is 0.451 e. The highest BCUT2D eigenvalue weighted by Crippen LogP contribution is 2.33. The van der Waals surface area contributed by atoms with E-state index in [0.717, 1.165) is 35.4 Å². The smallest absolute Gasteiger partial charge is 0.289 e. The van der Waals surface area contributed by atoms with Crippen molar-refractivity contribution >= 4 is 28.6 Å². The van der Waals surface area contributed by atoms with E-state index in [0.29, 0.717) is 17.1 Å². The van der Waals surface area contributed by atoms with E-state index in [2.05, 4.69) is 5.32 Å². The fraction of sp³-hybridized carbons (Fsp3) is 0.286. The van der Waals surface area contributed by atoms with Crippen molar-refractivity contribution in [2.45, 2.75) is 23.1 Å². The molecule has 4 rings (SSSR count). The zero-order valence-corrected chi connectivity index (χ0v) is 15.9. The average Bonchev–Trinajstić information content (AvgIpc) is 3.34. The lowest BCUT2D eigenvalue weighted by Gasteiger charge is -2.23. The van der Waals surface area contributed by atoms with Crippen LogP contribution in [0.5, 0.6) is 0 Å². The van der Waals surface area contributed by atoms with Gasteiger partial charge < -0.3 is 14.6 Å². The number of halogens is 1. The highest BCUT2D eigenvalue weighted by molar-refractivity contribution is 7.98. The molecule has 0 spiro atoms. The molecule has 0 bridgehead atoms. The molecule has 27 heavy (non-hydrogen) atoms. The van der Waals surface area contributed by atoms with Gasteiger partial charge in [0.15, 0.2) is 5.76 Å². The Bertz CT molecular complexity index is 948. The lowest BCUT2D eigenvalue weighted by molar-refractivity contribution is 0.0713. The van der Waals surface area contributed by atoms with E-state index >= 15 is 0 Å². The second-order valence-electron chi connectivity index (χ2n) is 6.71. The van der Waals surface area contributed by atoms with Crippen LogP contribution in [0.4, 0.5) is 4.39 Å². The second-order valence-corrected chi connectivity index (χ2v) is 7.76. The summed E-state index contributed by atoms with van der Waals surface area (Å²) in [6.45, 7) is 1.73. The van der Waals surface area contributed by atoms with Crippen LogP contribution in [0, 0.1) is 5.82 Å². The standard InChI is InChI=1S/C21H21FN2O2S/c1-24(15-10-11-23-12-15)21(25)20-18(17-4-2-3-5-19(17)26-20)13-27-16-8-6-14(22)7-9-16/h2-9,15,23H,10-13H2,1H3. The number of carbonyl (C=O) groups excluding carboxylic acids is 1. The number of nitrogens with zero attached hydrogens (tertiary/aromatic N) is 1. The third kappa shape index (κ3) is 3.73. The van der Waals surface area contributed by atoms with Crippen molar-refractivity contribution in [2.24, 2.45) is 0 Å². The lowest BCUT2D eigenvalue weighted by atomic mass is 10.1. The maximum absolute atomic E-state index is 13.1. The molecule has 1 unspecified atom stereocenters. The van der Waals surface area contributed by atoms with Crippen LogP contribution < -0.4 is 5.32 Å². The van der Waals surface area contributed by atoms with Gasteiger partial charge in [-0.15, -0.1) is 11.8 Å². The van der Waals surface area contributed by atoms with Gasteiger partial charge in [0.2, 0.25) is 0 Å². The number of para-hydroxylation sites is 1. The third-order valence-electron chi connectivity index (χ3n) is 4.99. The van der Waals surface area contributed by atoms with Gasteiger partial charge in [-0.05, 0) is 43.3 Å². The minimum atomic E-state index is -0.254. The van der Waals surface area contributed by atoms with E-state index in [1.807, 2.05) is 31.3 Å². The van der Waals surface area contributed by atoms with Gasteiger partial charge in [-0.3, -0.25) is 4.79 Å². The molecular formula is C21H21FN2O2S. The fourth-order valence-electron chi connectivity index (χ4n) is 3.40. The van der Waals surface area contributed by atoms with Gasteiger partial charge in [0, 0.05) is 41.2 Å². The molecule has 1 fully saturated rings. The Labute approximate surface area is 161 Å². The van der Waals surface area contributed by atoms with E-state index in [1.165, 1.54) is 12.1 Å². The van der Waals surface area contributed by atoms with Gasteiger partial charge in [0.25, 0.3) is 5.91 Å². The number of amides is 1. The molecule has 1 aliphatic heterocycles. The molecule has 1 amide bonds. The number of benzene rings is 2. The summed E-state index contributed by atoms with van der Waals surface area (Å²) >= 11 is 1.57. The molecule has 1 saturated heterocycles. The maximum Gasteiger partial charge on any atom is 0.289 e. The molecule has 1 aliphatic rings. The first kappa shape index (κ1) is 18.1. The number of carbonyl (C=O) groups is 1. The molecule has 6 heteroatoms. The van der Waals surface area contributed by atoms with E-state index in [4.69, 9.17) is 4.42 Å². The third-order valence-corrected chi connectivity index (χ3v) is 6.03. The number of hydrogen-bond acceptors (Lipinski definition) is 4. The molecule has 140 valence electrons. The van der Waals surface area contributed by atoms with Crippen molar-refractivity contribution in [3.63, 3.8) is 0 Å². The van der Waals surface area contributed by atoms with Crippen LogP contribution in [-0.2, 0) is 5.75 Å². The number of rotatable bonds is 5. The van der Waals surface area contributed by atoms with E-state index < -0.39 is 0 Å². The maximum atomic E-state index is 13.1. The van der Waals surface area contributed by atoms with Crippen molar-refractivity contribution < 1.29 is 13.6 Å². The lowest BCUT2D eigenvalue weighted by Crippen LogP contribution is -2.38. The summed E-state index contributed by atoms with van der Waals surface area (Å²) in [6.07, 6.45) is 0.947. The number of fused-ring (bicyclic) bond motifs is 1. The first-order chi connectivity index (χ1) is 13.1. The zero-order valence-electron chi connectivity index (χ0n) is 15.1. The predicted octanol–water partition coefficient (Wildman–Crippen LogP) is 4.30. The quantitative estimate of drug-likeness (QED) is 0.667. The van der Waals surface area contributed by atoms with Gasteiger partial charge in [0.1, 0.15) is 11.4 Å². The fourth-order valence-corrected chi connectivity index (χ4v) is 4.32. The Balaban J connectivity index is 1.64. The molecule has 0 aliphatic carbocycles. The molecule has 0 saturated carbocycles. The van der Waals surface area contributed by atoms with E-state index in [-0.39, 0.29) is 17.8 Å². The van der Waals surface area contributed by atoms with Gasteiger partial charge in [0.05, 0.1) is 0 Å². The summed E-state index contributed by atoms with van der Waals surface area (Å²) in [6, 6.07) is 14.3. The zero-order chi connectivity index (χ0) is 18.8. The van der Waals surface area contributed by atoms with Crippen LogP contribution in [0.25, 0.3) is 11.0 Å². The van der Waals surface area contributed by atoms with E-state index in [9.17, 15) is 9.18 Å². The summed E-state index contributed by atoms with van der Waals surface area (Å²) in [7, 11) is 1.84. The highest BCUT2D eigenvalue weighted by Gasteiger charge is 2.29. The second kappa shape index (κ2) is 7.74. The van der Waals surface area contributed by atoms with Gasteiger partial charge in [-0.25, -0.2) is 4.39 Å². The van der Waals surface area contributed by atoms with Gasteiger partial charge in [-0.1, -0.05) is 18.2 Å². The summed E-state index contributed by atoms with van der Waals surface area (Å²) in [5.41, 5.74) is 1.61. The Morgan fingerprint density at radius 3 is 2.78 bits per heavy atom. The first-order valence-corrected chi connectivity index (χ1v) is 9.98. The Morgan fingerprint density at radius 2 is 2.04 bits per heavy atom. The highest BCUT2D eigenvalue weighted by atomic mass is 32.2. The Hall–Kier alpha value is -2.31. The summed E-state index contributed by atoms with van der Waals surface area (Å²) < 4.78 is 19.1. The monoisotopic (exact) mass is 384 g/mol. The first-order valence-electron chi connectivity index (χ1n) is 9.00. The summed E-state index contributed by atoms with van der Waals surface area (Å²) in [4.78, 5) is 15.9. The van der Waals surface area contributed by atoms with Crippen LogP contribution in [0.3, 0.4) is 0 Å². The van der Waals surface area contributed by atoms with Crippen molar-refractivity contribution in [3.8, 4) is 0 Å². The Kier molecular flexibility index (Phi) is 5.18. The van der Waals surface area contributed by atoms with Crippen LogP contribution in [0.15, 0.2) is 57.8 Å². The van der Waals surface area contributed by atoms with Crippen LogP contribution in [0.1, 0.15) is 22.5 Å².